The van der Waals surface area contributed by atoms with E-state index in [4.69, 9.17) is 16.3 Å². The molecule has 0 bridgehead atoms. The summed E-state index contributed by atoms with van der Waals surface area (Å²) in [7, 11) is 1.64. The van der Waals surface area contributed by atoms with Gasteiger partial charge < -0.3 is 10.1 Å². The summed E-state index contributed by atoms with van der Waals surface area (Å²) in [6.07, 6.45) is 3.04. The Bertz CT molecular complexity index is 616. The van der Waals surface area contributed by atoms with Crippen molar-refractivity contribution in [2.45, 2.75) is 31.8 Å². The molecule has 1 unspecified atom stereocenters. The second-order valence-corrected chi connectivity index (χ2v) is 7.27. The Labute approximate surface area is 134 Å². The van der Waals surface area contributed by atoms with Crippen LogP contribution in [0.4, 0.5) is 0 Å². The highest BCUT2D eigenvalue weighted by Gasteiger charge is 2.42. The van der Waals surface area contributed by atoms with Gasteiger partial charge in [-0.05, 0) is 48.9 Å². The van der Waals surface area contributed by atoms with Gasteiger partial charge in [0, 0.05) is 29.7 Å². The number of nitrogens with zero attached hydrogens (tertiary/aromatic N) is 1. The van der Waals surface area contributed by atoms with Crippen LogP contribution in [0.5, 0.6) is 5.88 Å². The number of pyridine rings is 1. The summed E-state index contributed by atoms with van der Waals surface area (Å²) in [4.78, 5) is 5.55. The van der Waals surface area contributed by atoms with E-state index in [-0.39, 0.29) is 0 Å². The minimum atomic E-state index is 0.495. The Morgan fingerprint density at radius 2 is 2.33 bits per heavy atom. The summed E-state index contributed by atoms with van der Waals surface area (Å²) in [6, 6.07) is 8.65. The second-order valence-electron chi connectivity index (χ2n) is 5.52. The number of hydrogen-bond donors (Lipinski definition) is 1. The van der Waals surface area contributed by atoms with Crippen molar-refractivity contribution in [2.75, 3.05) is 7.11 Å². The lowest BCUT2D eigenvalue weighted by molar-refractivity contribution is 0.396. The van der Waals surface area contributed by atoms with E-state index in [0.29, 0.717) is 23.8 Å². The molecule has 1 fully saturated rings. The van der Waals surface area contributed by atoms with Crippen molar-refractivity contribution in [3.8, 4) is 5.88 Å². The van der Waals surface area contributed by atoms with Crippen molar-refractivity contribution >= 4 is 22.9 Å². The molecule has 5 heteroatoms. The Hall–Kier alpha value is -1.10. The van der Waals surface area contributed by atoms with Gasteiger partial charge in [0.05, 0.1) is 11.4 Å². The lowest BCUT2D eigenvalue weighted by Crippen LogP contribution is -2.27. The van der Waals surface area contributed by atoms with Crippen LogP contribution in [0, 0.1) is 5.92 Å². The van der Waals surface area contributed by atoms with Crippen LogP contribution in [0.1, 0.15) is 29.7 Å². The van der Waals surface area contributed by atoms with Crippen LogP contribution in [0.3, 0.4) is 0 Å². The van der Waals surface area contributed by atoms with Gasteiger partial charge in [0.2, 0.25) is 5.88 Å². The van der Waals surface area contributed by atoms with Crippen molar-refractivity contribution in [3.05, 3.63) is 45.2 Å². The van der Waals surface area contributed by atoms with Crippen LogP contribution in [0.15, 0.2) is 30.5 Å². The molecule has 3 nitrogen and oxygen atoms in total. The van der Waals surface area contributed by atoms with E-state index in [0.717, 1.165) is 10.9 Å². The molecule has 2 aromatic rings. The minimum absolute atomic E-state index is 0.495. The highest BCUT2D eigenvalue weighted by Crippen LogP contribution is 2.51. The van der Waals surface area contributed by atoms with Gasteiger partial charge in [0.25, 0.3) is 0 Å². The van der Waals surface area contributed by atoms with Crippen molar-refractivity contribution in [1.29, 1.82) is 0 Å². The summed E-state index contributed by atoms with van der Waals surface area (Å²) in [5.41, 5.74) is 1.20. The smallest absolute Gasteiger partial charge is 0.213 e. The first-order valence-electron chi connectivity index (χ1n) is 7.15. The maximum atomic E-state index is 6.01. The largest absolute Gasteiger partial charge is 0.481 e. The molecule has 0 aliphatic heterocycles. The van der Waals surface area contributed by atoms with Crippen LogP contribution in [0.2, 0.25) is 4.34 Å². The summed E-state index contributed by atoms with van der Waals surface area (Å²) < 4.78 is 6.04. The second kappa shape index (κ2) is 6.34. The molecule has 2 heterocycles. The van der Waals surface area contributed by atoms with Crippen LogP contribution in [-0.2, 0) is 6.54 Å². The van der Waals surface area contributed by atoms with Crippen LogP contribution in [-0.4, -0.2) is 18.1 Å². The van der Waals surface area contributed by atoms with E-state index in [2.05, 4.69) is 23.3 Å². The van der Waals surface area contributed by atoms with Crippen molar-refractivity contribution in [3.63, 3.8) is 0 Å². The normalized spacial score (nSPS) is 22.0. The first kappa shape index (κ1) is 14.8. The molecular weight excluding hydrogens is 304 g/mol. The summed E-state index contributed by atoms with van der Waals surface area (Å²) in [5.74, 6) is 2.06. The summed E-state index contributed by atoms with van der Waals surface area (Å²) >= 11 is 7.73. The topological polar surface area (TPSA) is 34.1 Å². The SMILES string of the molecule is COc1cc(CNC(C)[C@@H]2C[C@H]2c2ccc(Cl)s2)ccn1. The van der Waals surface area contributed by atoms with Crippen LogP contribution in [0.25, 0.3) is 0 Å². The highest BCUT2D eigenvalue weighted by molar-refractivity contribution is 7.16. The van der Waals surface area contributed by atoms with E-state index in [9.17, 15) is 0 Å². The summed E-state index contributed by atoms with van der Waals surface area (Å²) in [6.45, 7) is 3.10. The first-order chi connectivity index (χ1) is 10.2. The van der Waals surface area contributed by atoms with Crippen molar-refractivity contribution < 1.29 is 4.74 Å². The lowest BCUT2D eigenvalue weighted by atomic mass is 10.1. The number of halogens is 1. The molecule has 0 amide bonds. The molecule has 21 heavy (non-hydrogen) atoms. The fraction of sp³-hybridized carbons (Fsp3) is 0.438. The molecule has 1 saturated carbocycles. The monoisotopic (exact) mass is 322 g/mol. The standard InChI is InChI=1S/C16H19ClN2OS/c1-10(12-8-13(12)14-3-4-15(17)21-14)19-9-11-5-6-18-16(7-11)20-2/h3-7,10,12-13,19H,8-9H2,1-2H3/t10?,12-,13+/m0/s1. The fourth-order valence-electron chi connectivity index (χ4n) is 2.72. The molecule has 0 spiro atoms. The molecule has 0 aromatic carbocycles. The van der Waals surface area contributed by atoms with Gasteiger partial charge in [-0.3, -0.25) is 0 Å². The fourth-order valence-corrected chi connectivity index (χ4v) is 3.97. The average molecular weight is 323 g/mol. The van der Waals surface area contributed by atoms with Crippen LogP contribution >= 0.6 is 22.9 Å². The number of rotatable bonds is 6. The molecule has 1 aliphatic rings. The van der Waals surface area contributed by atoms with Crippen molar-refractivity contribution in [1.82, 2.24) is 10.3 Å². The Morgan fingerprint density at radius 1 is 1.48 bits per heavy atom. The molecule has 3 atom stereocenters. The molecule has 3 rings (SSSR count). The minimum Gasteiger partial charge on any atom is -0.481 e. The van der Waals surface area contributed by atoms with E-state index < -0.39 is 0 Å². The molecular formula is C16H19ClN2OS. The average Bonchev–Trinajstić information content (AvgIpc) is 3.20. The van der Waals surface area contributed by atoms with Gasteiger partial charge in [0.1, 0.15) is 0 Å². The highest BCUT2D eigenvalue weighted by atomic mass is 35.5. The number of thiophene rings is 1. The number of methoxy groups -OCH3 is 1. The third-order valence-electron chi connectivity index (χ3n) is 4.08. The van der Waals surface area contributed by atoms with E-state index in [1.807, 2.05) is 18.2 Å². The predicted molar refractivity (Wildman–Crippen MR) is 87.3 cm³/mol. The van der Waals surface area contributed by atoms with Gasteiger partial charge in [-0.1, -0.05) is 11.6 Å². The van der Waals surface area contributed by atoms with Gasteiger partial charge in [-0.15, -0.1) is 11.3 Å². The Kier molecular flexibility index (Phi) is 4.48. The van der Waals surface area contributed by atoms with Gasteiger partial charge in [-0.25, -0.2) is 4.98 Å². The predicted octanol–water partition coefficient (Wildman–Crippen LogP) is 4.09. The number of ether oxygens (including phenoxy) is 1. The number of hydrogen-bond acceptors (Lipinski definition) is 4. The lowest BCUT2D eigenvalue weighted by Gasteiger charge is -2.14. The van der Waals surface area contributed by atoms with Crippen molar-refractivity contribution in [2.24, 2.45) is 5.92 Å². The molecule has 112 valence electrons. The molecule has 0 saturated heterocycles. The summed E-state index contributed by atoms with van der Waals surface area (Å²) in [5, 5.41) is 3.61. The Morgan fingerprint density at radius 3 is 3.05 bits per heavy atom. The molecule has 1 N–H and O–H groups in total. The maximum absolute atomic E-state index is 6.01. The quantitative estimate of drug-likeness (QED) is 0.870. The van der Waals surface area contributed by atoms with E-state index in [1.165, 1.54) is 16.9 Å². The number of aromatic nitrogens is 1. The van der Waals surface area contributed by atoms with Gasteiger partial charge in [-0.2, -0.15) is 0 Å². The Balaban J connectivity index is 1.52. The van der Waals surface area contributed by atoms with Gasteiger partial charge in [0.15, 0.2) is 0 Å². The zero-order valence-corrected chi connectivity index (χ0v) is 13.7. The zero-order valence-electron chi connectivity index (χ0n) is 12.2. The number of nitrogens with one attached hydrogen (secondary N) is 1. The van der Waals surface area contributed by atoms with Gasteiger partial charge >= 0.3 is 0 Å². The maximum Gasteiger partial charge on any atom is 0.213 e. The molecule has 2 aromatic heterocycles. The zero-order chi connectivity index (χ0) is 14.8. The van der Waals surface area contributed by atoms with E-state index in [1.54, 1.807) is 24.6 Å². The third kappa shape index (κ3) is 3.57. The van der Waals surface area contributed by atoms with E-state index >= 15 is 0 Å². The molecule has 1 aliphatic carbocycles. The van der Waals surface area contributed by atoms with Crippen LogP contribution < -0.4 is 10.1 Å². The molecule has 0 radical (unpaired) electrons. The first-order valence-corrected chi connectivity index (χ1v) is 8.34. The third-order valence-corrected chi connectivity index (χ3v) is 5.44.